The molecule has 20 heavy (non-hydrogen) atoms. The maximum absolute atomic E-state index is 5.94. The highest BCUT2D eigenvalue weighted by molar-refractivity contribution is 6.49. The Bertz CT molecular complexity index is 585. The summed E-state index contributed by atoms with van der Waals surface area (Å²) in [5.74, 6) is 0.891. The summed E-state index contributed by atoms with van der Waals surface area (Å²) in [6, 6.07) is 6.01. The predicted molar refractivity (Wildman–Crippen MR) is 83.2 cm³/mol. The van der Waals surface area contributed by atoms with Crippen LogP contribution in [-0.2, 0) is 6.42 Å². The Kier molecular flexibility index (Phi) is 5.01. The number of aliphatic imine (C=N–C) groups is 1. The minimum atomic E-state index is -0.804. The van der Waals surface area contributed by atoms with Crippen molar-refractivity contribution in [3.8, 4) is 5.75 Å². The SMILES string of the molecule is Cc1cccc(N=CCc2cnccn2)c1O[Si](C)C. The van der Waals surface area contributed by atoms with Crippen molar-refractivity contribution in [3.63, 3.8) is 0 Å². The van der Waals surface area contributed by atoms with Gasteiger partial charge in [-0.15, -0.1) is 0 Å². The highest BCUT2D eigenvalue weighted by atomic mass is 28.3. The molecule has 1 heterocycles. The number of hydrogen-bond donors (Lipinski definition) is 0. The van der Waals surface area contributed by atoms with Crippen molar-refractivity contribution >= 4 is 20.9 Å². The monoisotopic (exact) mass is 284 g/mol. The lowest BCUT2D eigenvalue weighted by atomic mass is 10.2. The number of hydrogen-bond acceptors (Lipinski definition) is 4. The third kappa shape index (κ3) is 3.99. The van der Waals surface area contributed by atoms with Gasteiger partial charge in [0.15, 0.2) is 0 Å². The zero-order valence-electron chi connectivity index (χ0n) is 12.0. The summed E-state index contributed by atoms with van der Waals surface area (Å²) in [7, 11) is -0.804. The summed E-state index contributed by atoms with van der Waals surface area (Å²) in [6.07, 6.45) is 7.62. The van der Waals surface area contributed by atoms with Crippen LogP contribution in [0.1, 0.15) is 11.3 Å². The summed E-state index contributed by atoms with van der Waals surface area (Å²) in [5, 5.41) is 0. The molecule has 0 bridgehead atoms. The van der Waals surface area contributed by atoms with Crippen LogP contribution in [-0.4, -0.2) is 25.2 Å². The quantitative estimate of drug-likeness (QED) is 0.625. The van der Waals surface area contributed by atoms with E-state index in [1.165, 1.54) is 0 Å². The van der Waals surface area contributed by atoms with E-state index >= 15 is 0 Å². The van der Waals surface area contributed by atoms with E-state index in [0.717, 1.165) is 22.7 Å². The molecule has 103 valence electrons. The fourth-order valence-electron chi connectivity index (χ4n) is 1.75. The standard InChI is InChI=1S/C15H18N3OSi/c1-12-5-4-6-14(15(12)19-20(2)3)18-8-7-13-11-16-9-10-17-13/h4-6,8-11H,7H2,1-3H3. The fourth-order valence-corrected chi connectivity index (χ4v) is 2.42. The summed E-state index contributed by atoms with van der Waals surface area (Å²) in [6.45, 7) is 6.27. The lowest BCUT2D eigenvalue weighted by Crippen LogP contribution is -2.12. The molecule has 2 aromatic rings. The van der Waals surface area contributed by atoms with Crippen LogP contribution in [0.25, 0.3) is 0 Å². The Morgan fingerprint density at radius 1 is 1.30 bits per heavy atom. The third-order valence-electron chi connectivity index (χ3n) is 2.64. The normalized spacial score (nSPS) is 11.2. The molecular formula is C15H18N3OSi. The van der Waals surface area contributed by atoms with Gasteiger partial charge in [0, 0.05) is 31.2 Å². The minimum absolute atomic E-state index is 0.664. The molecule has 0 aliphatic carbocycles. The van der Waals surface area contributed by atoms with Crippen molar-refractivity contribution in [3.05, 3.63) is 48.0 Å². The van der Waals surface area contributed by atoms with E-state index in [9.17, 15) is 0 Å². The first-order valence-electron chi connectivity index (χ1n) is 6.52. The van der Waals surface area contributed by atoms with Crippen LogP contribution in [0.15, 0.2) is 41.8 Å². The van der Waals surface area contributed by atoms with Crippen LogP contribution in [0.5, 0.6) is 5.75 Å². The average molecular weight is 284 g/mol. The highest BCUT2D eigenvalue weighted by Crippen LogP contribution is 2.31. The number of para-hydroxylation sites is 1. The minimum Gasteiger partial charge on any atom is -0.541 e. The van der Waals surface area contributed by atoms with Crippen LogP contribution >= 0.6 is 0 Å². The van der Waals surface area contributed by atoms with Gasteiger partial charge in [-0.3, -0.25) is 15.0 Å². The number of benzene rings is 1. The Hall–Kier alpha value is -2.01. The summed E-state index contributed by atoms with van der Waals surface area (Å²) in [4.78, 5) is 12.8. The van der Waals surface area contributed by atoms with E-state index in [2.05, 4.69) is 28.1 Å². The van der Waals surface area contributed by atoms with Crippen LogP contribution in [0.4, 0.5) is 5.69 Å². The van der Waals surface area contributed by atoms with E-state index in [-0.39, 0.29) is 0 Å². The molecule has 0 aliphatic rings. The van der Waals surface area contributed by atoms with E-state index in [1.807, 2.05) is 31.3 Å². The summed E-state index contributed by atoms with van der Waals surface area (Å²) in [5.41, 5.74) is 2.90. The molecule has 0 atom stereocenters. The van der Waals surface area contributed by atoms with Gasteiger partial charge in [-0.25, -0.2) is 0 Å². The second-order valence-corrected chi connectivity index (χ2v) is 6.67. The Morgan fingerprint density at radius 2 is 2.15 bits per heavy atom. The van der Waals surface area contributed by atoms with E-state index in [1.54, 1.807) is 18.6 Å². The summed E-state index contributed by atoms with van der Waals surface area (Å²) >= 11 is 0. The largest absolute Gasteiger partial charge is 0.541 e. The molecule has 0 fully saturated rings. The molecule has 2 rings (SSSR count). The molecule has 0 unspecified atom stereocenters. The van der Waals surface area contributed by atoms with Crippen LogP contribution in [0, 0.1) is 6.92 Å². The van der Waals surface area contributed by atoms with E-state index < -0.39 is 9.04 Å². The maximum atomic E-state index is 5.94. The van der Waals surface area contributed by atoms with Crippen LogP contribution < -0.4 is 4.43 Å². The van der Waals surface area contributed by atoms with E-state index in [0.29, 0.717) is 6.42 Å². The Balaban J connectivity index is 2.14. The number of rotatable bonds is 5. The fraction of sp³-hybridized carbons (Fsp3) is 0.267. The second-order valence-electron chi connectivity index (χ2n) is 4.65. The first-order chi connectivity index (χ1) is 9.66. The smallest absolute Gasteiger partial charge is 0.274 e. The molecule has 0 aliphatic heterocycles. The molecular weight excluding hydrogens is 266 g/mol. The Morgan fingerprint density at radius 3 is 2.85 bits per heavy atom. The van der Waals surface area contributed by atoms with E-state index in [4.69, 9.17) is 4.43 Å². The molecule has 0 saturated carbocycles. The van der Waals surface area contributed by atoms with Gasteiger partial charge in [0.2, 0.25) is 0 Å². The average Bonchev–Trinajstić information content (AvgIpc) is 2.43. The molecule has 0 N–H and O–H groups in total. The molecule has 1 radical (unpaired) electrons. The van der Waals surface area contributed by atoms with Gasteiger partial charge in [0.05, 0.1) is 5.69 Å². The first-order valence-corrected chi connectivity index (χ1v) is 8.92. The first kappa shape index (κ1) is 14.4. The maximum Gasteiger partial charge on any atom is 0.274 e. The van der Waals surface area contributed by atoms with Gasteiger partial charge in [-0.1, -0.05) is 12.1 Å². The molecule has 0 spiro atoms. The zero-order chi connectivity index (χ0) is 14.4. The molecule has 4 nitrogen and oxygen atoms in total. The van der Waals surface area contributed by atoms with Crippen molar-refractivity contribution in [1.29, 1.82) is 0 Å². The molecule has 5 heteroatoms. The molecule has 1 aromatic heterocycles. The van der Waals surface area contributed by atoms with Crippen LogP contribution in [0.2, 0.25) is 13.1 Å². The van der Waals surface area contributed by atoms with Crippen LogP contribution in [0.3, 0.4) is 0 Å². The topological polar surface area (TPSA) is 47.4 Å². The van der Waals surface area contributed by atoms with Gasteiger partial charge < -0.3 is 4.43 Å². The lowest BCUT2D eigenvalue weighted by Gasteiger charge is -2.13. The third-order valence-corrected chi connectivity index (χ3v) is 3.26. The van der Waals surface area contributed by atoms with Gasteiger partial charge in [0.25, 0.3) is 9.04 Å². The number of aromatic nitrogens is 2. The predicted octanol–water partition coefficient (Wildman–Crippen LogP) is 3.36. The molecule has 0 amide bonds. The molecule has 0 saturated heterocycles. The number of aryl methyl sites for hydroxylation is 1. The van der Waals surface area contributed by atoms with Crippen molar-refractivity contribution in [2.24, 2.45) is 4.99 Å². The van der Waals surface area contributed by atoms with Crippen molar-refractivity contribution in [2.45, 2.75) is 26.4 Å². The van der Waals surface area contributed by atoms with Gasteiger partial charge in [-0.05, 0) is 31.6 Å². The second kappa shape index (κ2) is 6.95. The lowest BCUT2D eigenvalue weighted by molar-refractivity contribution is 0.577. The zero-order valence-corrected chi connectivity index (χ0v) is 13.0. The highest BCUT2D eigenvalue weighted by Gasteiger charge is 2.08. The molecule has 1 aromatic carbocycles. The number of nitrogens with zero attached hydrogens (tertiary/aromatic N) is 3. The van der Waals surface area contributed by atoms with Gasteiger partial charge >= 0.3 is 0 Å². The van der Waals surface area contributed by atoms with Gasteiger partial charge in [0.1, 0.15) is 11.4 Å². The van der Waals surface area contributed by atoms with Gasteiger partial charge in [-0.2, -0.15) is 0 Å². The summed E-state index contributed by atoms with van der Waals surface area (Å²) < 4.78 is 5.94. The van der Waals surface area contributed by atoms with Crippen molar-refractivity contribution in [2.75, 3.05) is 0 Å². The van der Waals surface area contributed by atoms with Crippen molar-refractivity contribution in [1.82, 2.24) is 9.97 Å². The van der Waals surface area contributed by atoms with Crippen molar-refractivity contribution < 1.29 is 4.43 Å². The Labute approximate surface area is 121 Å².